The fourth-order valence-corrected chi connectivity index (χ4v) is 6.25. The van der Waals surface area contributed by atoms with Crippen LogP contribution in [0.1, 0.15) is 17.7 Å². The number of ether oxygens (including phenoxy) is 1. The minimum absolute atomic E-state index is 0.142. The first kappa shape index (κ1) is 25.9. The van der Waals surface area contributed by atoms with Crippen LogP contribution in [0.15, 0.2) is 47.5 Å². The lowest BCUT2D eigenvalue weighted by Gasteiger charge is -2.25. The first-order chi connectivity index (χ1) is 16.8. The molecule has 36 heavy (non-hydrogen) atoms. The minimum Gasteiger partial charge on any atom is -0.467 e. The molecule has 192 valence electrons. The van der Waals surface area contributed by atoms with Crippen molar-refractivity contribution in [3.8, 4) is 5.69 Å². The average Bonchev–Trinajstić information content (AvgIpc) is 3.42. The maximum absolute atomic E-state index is 13.6. The number of aryl methyl sites for hydroxylation is 1. The van der Waals surface area contributed by atoms with Crippen molar-refractivity contribution in [2.24, 2.45) is 0 Å². The number of carbonyl (C=O) groups excluding carboxylic acids is 1. The summed E-state index contributed by atoms with van der Waals surface area (Å²) >= 11 is 5.99. The molecule has 1 fully saturated rings. The van der Waals surface area contributed by atoms with E-state index in [4.69, 9.17) is 16.3 Å². The van der Waals surface area contributed by atoms with Gasteiger partial charge in [-0.25, -0.2) is 27.3 Å². The van der Waals surface area contributed by atoms with E-state index in [1.54, 1.807) is 19.1 Å². The molecule has 0 bridgehead atoms. The Labute approximate surface area is 208 Å². The van der Waals surface area contributed by atoms with E-state index in [0.29, 0.717) is 29.3 Å². The number of esters is 1. The maximum Gasteiger partial charge on any atom is 0.417 e. The second-order valence-electron chi connectivity index (χ2n) is 8.12. The highest BCUT2D eigenvalue weighted by molar-refractivity contribution is 7.92. The van der Waals surface area contributed by atoms with E-state index in [-0.39, 0.29) is 24.2 Å². The van der Waals surface area contributed by atoms with E-state index in [1.165, 1.54) is 21.8 Å². The van der Waals surface area contributed by atoms with Crippen molar-refractivity contribution in [1.29, 1.82) is 0 Å². The normalized spacial score (nSPS) is 18.5. The summed E-state index contributed by atoms with van der Waals surface area (Å²) in [5.74, 6) is -1.70. The number of hydrogen-bond donors (Lipinski definition) is 0. The number of rotatable bonds is 5. The summed E-state index contributed by atoms with van der Waals surface area (Å²) in [6.07, 6.45) is -4.04. The van der Waals surface area contributed by atoms with E-state index in [0.717, 1.165) is 7.11 Å². The molecule has 3 heterocycles. The summed E-state index contributed by atoms with van der Waals surface area (Å²) in [6, 6.07) is 4.93. The monoisotopic (exact) mass is 546 g/mol. The Morgan fingerprint density at radius 1 is 1.19 bits per heavy atom. The van der Waals surface area contributed by atoms with Crippen molar-refractivity contribution >= 4 is 33.2 Å². The summed E-state index contributed by atoms with van der Waals surface area (Å²) in [4.78, 5) is 16.9. The van der Waals surface area contributed by atoms with Crippen LogP contribution in [-0.2, 0) is 25.5 Å². The SMILES string of the molecule is COC(=O)C1C[C@@H](S(=O)(=O)c2ccc(F)cc2C(F)(F)F)CN1c1cc(C)nn1-c1ccnc(Cl)c1. The topological polar surface area (TPSA) is 94.4 Å². The summed E-state index contributed by atoms with van der Waals surface area (Å²) in [7, 11) is -3.54. The Morgan fingerprint density at radius 2 is 1.92 bits per heavy atom. The van der Waals surface area contributed by atoms with Crippen LogP contribution in [0.4, 0.5) is 23.4 Å². The van der Waals surface area contributed by atoms with E-state index >= 15 is 0 Å². The molecule has 14 heteroatoms. The molecule has 0 N–H and O–H groups in total. The maximum atomic E-state index is 13.6. The van der Waals surface area contributed by atoms with Crippen molar-refractivity contribution in [3.63, 3.8) is 0 Å². The first-order valence-corrected chi connectivity index (χ1v) is 12.4. The van der Waals surface area contributed by atoms with Crippen LogP contribution < -0.4 is 4.90 Å². The molecule has 4 rings (SSSR count). The molecule has 8 nitrogen and oxygen atoms in total. The quantitative estimate of drug-likeness (QED) is 0.207. The molecule has 1 aliphatic rings. The van der Waals surface area contributed by atoms with Crippen molar-refractivity contribution < 1.29 is 35.5 Å². The highest BCUT2D eigenvalue weighted by Crippen LogP contribution is 2.39. The number of halogens is 5. The lowest BCUT2D eigenvalue weighted by Crippen LogP contribution is -2.38. The number of alkyl halides is 3. The number of anilines is 1. The minimum atomic E-state index is -5.11. The van der Waals surface area contributed by atoms with Gasteiger partial charge in [-0.3, -0.25) is 0 Å². The van der Waals surface area contributed by atoms with Gasteiger partial charge >= 0.3 is 12.1 Å². The van der Waals surface area contributed by atoms with Crippen LogP contribution >= 0.6 is 11.6 Å². The number of nitrogens with zero attached hydrogens (tertiary/aromatic N) is 4. The van der Waals surface area contributed by atoms with Crippen LogP contribution in [0.25, 0.3) is 5.69 Å². The smallest absolute Gasteiger partial charge is 0.417 e. The summed E-state index contributed by atoms with van der Waals surface area (Å²) in [6.45, 7) is 1.33. The number of hydrogen-bond acceptors (Lipinski definition) is 7. The van der Waals surface area contributed by atoms with Gasteiger partial charge in [0.25, 0.3) is 0 Å². The van der Waals surface area contributed by atoms with Gasteiger partial charge in [-0.15, -0.1) is 0 Å². The van der Waals surface area contributed by atoms with Gasteiger partial charge in [0.05, 0.1) is 34.2 Å². The van der Waals surface area contributed by atoms with Crippen molar-refractivity contribution in [2.75, 3.05) is 18.6 Å². The predicted molar refractivity (Wildman–Crippen MR) is 121 cm³/mol. The first-order valence-electron chi connectivity index (χ1n) is 10.5. The van der Waals surface area contributed by atoms with Gasteiger partial charge in [0.2, 0.25) is 0 Å². The molecule has 0 saturated carbocycles. The number of aromatic nitrogens is 3. The average molecular weight is 547 g/mol. The second-order valence-corrected chi connectivity index (χ2v) is 10.7. The van der Waals surface area contributed by atoms with Crippen molar-refractivity contribution in [1.82, 2.24) is 14.8 Å². The number of carbonyl (C=O) groups is 1. The molecule has 2 aromatic heterocycles. The van der Waals surface area contributed by atoms with Gasteiger partial charge in [0.1, 0.15) is 22.8 Å². The van der Waals surface area contributed by atoms with Gasteiger partial charge in [-0.2, -0.15) is 18.3 Å². The lowest BCUT2D eigenvalue weighted by atomic mass is 10.2. The van der Waals surface area contributed by atoms with Crippen molar-refractivity contribution in [3.05, 3.63) is 64.8 Å². The zero-order valence-electron chi connectivity index (χ0n) is 18.8. The van der Waals surface area contributed by atoms with E-state index in [1.807, 2.05) is 0 Å². The summed E-state index contributed by atoms with van der Waals surface area (Å²) in [5.41, 5.74) is -0.625. The molecular formula is C22H19ClF4N4O4S. The van der Waals surface area contributed by atoms with Crippen LogP contribution in [0.5, 0.6) is 0 Å². The van der Waals surface area contributed by atoms with Crippen LogP contribution in [0, 0.1) is 12.7 Å². The predicted octanol–water partition coefficient (Wildman–Crippen LogP) is 3.98. The Balaban J connectivity index is 1.80. The number of pyridine rings is 1. The van der Waals surface area contributed by atoms with Crippen LogP contribution in [-0.4, -0.2) is 54.1 Å². The molecule has 3 aromatic rings. The molecule has 2 atom stereocenters. The highest BCUT2D eigenvalue weighted by Gasteiger charge is 2.47. The standard InChI is InChI=1S/C22H19ClF4N4O4S/c1-12-7-20(31(29-12)14-5-6-28-19(23)9-14)30-11-15(10-17(30)21(32)35-2)36(33,34)18-4-3-13(24)8-16(18)22(25,26)27/h3-9,15,17H,10-11H2,1-2H3/t15-,17?/m1/s1. The van der Waals surface area contributed by atoms with Gasteiger partial charge < -0.3 is 9.64 Å². The third kappa shape index (κ3) is 4.76. The summed E-state index contributed by atoms with van der Waals surface area (Å²) < 4.78 is 87.4. The molecule has 1 aromatic carbocycles. The molecule has 1 aliphatic heterocycles. The van der Waals surface area contributed by atoms with Crippen LogP contribution in [0.2, 0.25) is 5.15 Å². The number of sulfone groups is 1. The number of methoxy groups -OCH3 is 1. The van der Waals surface area contributed by atoms with Gasteiger partial charge in [-0.1, -0.05) is 11.6 Å². The van der Waals surface area contributed by atoms with Gasteiger partial charge in [0.15, 0.2) is 9.84 Å². The number of benzene rings is 1. The molecule has 0 aliphatic carbocycles. The van der Waals surface area contributed by atoms with E-state index in [2.05, 4.69) is 10.1 Å². The van der Waals surface area contributed by atoms with E-state index < -0.39 is 49.6 Å². The fourth-order valence-electron chi connectivity index (χ4n) is 4.19. The summed E-state index contributed by atoms with van der Waals surface area (Å²) in [5, 5.41) is 3.11. The zero-order chi connectivity index (χ0) is 26.4. The Bertz CT molecular complexity index is 1430. The molecule has 0 amide bonds. The third-order valence-corrected chi connectivity index (χ3v) is 8.18. The largest absolute Gasteiger partial charge is 0.467 e. The van der Waals surface area contributed by atoms with Gasteiger partial charge in [0, 0.05) is 24.9 Å². The van der Waals surface area contributed by atoms with Crippen molar-refractivity contribution in [2.45, 2.75) is 35.7 Å². The lowest BCUT2D eigenvalue weighted by molar-refractivity contribution is -0.142. The molecule has 0 radical (unpaired) electrons. The Kier molecular flexibility index (Phi) is 6.73. The van der Waals surface area contributed by atoms with Gasteiger partial charge in [-0.05, 0) is 37.6 Å². The molecular weight excluding hydrogens is 528 g/mol. The molecule has 1 saturated heterocycles. The highest BCUT2D eigenvalue weighted by atomic mass is 35.5. The van der Waals surface area contributed by atoms with E-state index in [9.17, 15) is 30.8 Å². The third-order valence-electron chi connectivity index (χ3n) is 5.79. The fraction of sp³-hybridized carbons (Fsp3) is 0.318. The second kappa shape index (κ2) is 9.36. The molecule has 0 spiro atoms. The Morgan fingerprint density at radius 3 is 2.56 bits per heavy atom. The zero-order valence-corrected chi connectivity index (χ0v) is 20.4. The van der Waals surface area contributed by atoms with Crippen LogP contribution in [0.3, 0.4) is 0 Å². The molecule has 1 unspecified atom stereocenters. The Hall–Kier alpha value is -3.19.